The van der Waals surface area contributed by atoms with Crippen LogP contribution in [0.2, 0.25) is 0 Å². The molecular formula is C16H17N3O2. The van der Waals surface area contributed by atoms with Gasteiger partial charge < -0.3 is 9.64 Å². The summed E-state index contributed by atoms with van der Waals surface area (Å²) in [6.45, 7) is 4.54. The molecule has 1 aromatic heterocycles. The summed E-state index contributed by atoms with van der Waals surface area (Å²) in [6.07, 6.45) is 6.20. The molecule has 0 bridgehead atoms. The van der Waals surface area contributed by atoms with Gasteiger partial charge in [-0.05, 0) is 17.7 Å². The highest BCUT2D eigenvalue weighted by Gasteiger charge is 2.13. The Labute approximate surface area is 123 Å². The van der Waals surface area contributed by atoms with Crippen molar-refractivity contribution in [2.24, 2.45) is 0 Å². The molecule has 0 aliphatic rings. The third-order valence-corrected chi connectivity index (χ3v) is 2.82. The molecule has 2 rings (SSSR count). The van der Waals surface area contributed by atoms with Crippen molar-refractivity contribution in [2.75, 3.05) is 13.7 Å². The molecule has 1 aromatic carbocycles. The van der Waals surface area contributed by atoms with Crippen LogP contribution in [0, 0.1) is 0 Å². The van der Waals surface area contributed by atoms with Crippen molar-refractivity contribution < 1.29 is 9.53 Å². The first kappa shape index (κ1) is 14.7. The molecule has 0 saturated carbocycles. The number of amides is 1. The Morgan fingerprint density at radius 3 is 3.00 bits per heavy atom. The van der Waals surface area contributed by atoms with Crippen molar-refractivity contribution >= 4 is 5.91 Å². The Morgan fingerprint density at radius 1 is 1.43 bits per heavy atom. The maximum atomic E-state index is 12.2. The van der Waals surface area contributed by atoms with Gasteiger partial charge in [0.15, 0.2) is 0 Å². The van der Waals surface area contributed by atoms with Crippen molar-refractivity contribution in [3.63, 3.8) is 0 Å². The van der Waals surface area contributed by atoms with E-state index in [4.69, 9.17) is 4.74 Å². The number of nitrogens with zero attached hydrogens (tertiary/aromatic N) is 3. The third-order valence-electron chi connectivity index (χ3n) is 2.82. The Morgan fingerprint density at radius 2 is 2.29 bits per heavy atom. The molecule has 0 radical (unpaired) electrons. The number of carbonyl (C=O) groups is 1. The smallest absolute Gasteiger partial charge is 0.274 e. The average molecular weight is 283 g/mol. The standard InChI is InChI=1S/C16H17N3O2/c1-3-9-21-14-6-4-5-13(10-14)12-19(2)16(20)15-11-17-7-8-18-15/h3-8,10-11H,1,9,12H2,2H3. The average Bonchev–Trinajstić information content (AvgIpc) is 2.53. The maximum Gasteiger partial charge on any atom is 0.274 e. The van der Waals surface area contributed by atoms with E-state index < -0.39 is 0 Å². The summed E-state index contributed by atoms with van der Waals surface area (Å²) < 4.78 is 5.48. The number of ether oxygens (including phenoxy) is 1. The van der Waals surface area contributed by atoms with E-state index in [1.54, 1.807) is 18.0 Å². The summed E-state index contributed by atoms with van der Waals surface area (Å²) in [4.78, 5) is 21.7. The number of benzene rings is 1. The van der Waals surface area contributed by atoms with E-state index in [0.717, 1.165) is 11.3 Å². The highest BCUT2D eigenvalue weighted by molar-refractivity contribution is 5.91. The van der Waals surface area contributed by atoms with Crippen molar-refractivity contribution in [2.45, 2.75) is 6.54 Å². The highest BCUT2D eigenvalue weighted by atomic mass is 16.5. The second kappa shape index (κ2) is 7.19. The molecule has 1 heterocycles. The largest absolute Gasteiger partial charge is 0.490 e. The fourth-order valence-corrected chi connectivity index (χ4v) is 1.84. The lowest BCUT2D eigenvalue weighted by Crippen LogP contribution is -2.27. The maximum absolute atomic E-state index is 12.2. The number of hydrogen-bond acceptors (Lipinski definition) is 4. The van der Waals surface area contributed by atoms with E-state index in [0.29, 0.717) is 18.8 Å². The van der Waals surface area contributed by atoms with E-state index in [1.165, 1.54) is 18.6 Å². The van der Waals surface area contributed by atoms with E-state index in [9.17, 15) is 4.79 Å². The van der Waals surface area contributed by atoms with Gasteiger partial charge in [-0.3, -0.25) is 9.78 Å². The molecule has 0 fully saturated rings. The minimum absolute atomic E-state index is 0.166. The van der Waals surface area contributed by atoms with Crippen LogP contribution in [0.3, 0.4) is 0 Å². The molecular weight excluding hydrogens is 266 g/mol. The lowest BCUT2D eigenvalue weighted by molar-refractivity contribution is 0.0778. The zero-order chi connectivity index (χ0) is 15.1. The van der Waals surface area contributed by atoms with Crippen LogP contribution < -0.4 is 4.74 Å². The van der Waals surface area contributed by atoms with Crippen LogP contribution in [0.25, 0.3) is 0 Å². The van der Waals surface area contributed by atoms with E-state index in [1.807, 2.05) is 24.3 Å². The van der Waals surface area contributed by atoms with Crippen molar-refractivity contribution in [1.82, 2.24) is 14.9 Å². The number of rotatable bonds is 6. The number of aromatic nitrogens is 2. The lowest BCUT2D eigenvalue weighted by atomic mass is 10.2. The number of hydrogen-bond donors (Lipinski definition) is 0. The van der Waals surface area contributed by atoms with Crippen LogP contribution in [0.4, 0.5) is 0 Å². The molecule has 1 amide bonds. The predicted octanol–water partition coefficient (Wildman–Crippen LogP) is 2.31. The molecule has 5 heteroatoms. The second-order valence-electron chi connectivity index (χ2n) is 4.50. The second-order valence-corrected chi connectivity index (χ2v) is 4.50. The van der Waals surface area contributed by atoms with Crippen LogP contribution in [0.1, 0.15) is 16.1 Å². The van der Waals surface area contributed by atoms with Gasteiger partial charge in [0.05, 0.1) is 6.20 Å². The fraction of sp³-hybridized carbons (Fsp3) is 0.188. The van der Waals surface area contributed by atoms with Crippen molar-refractivity contribution in [3.8, 4) is 5.75 Å². The van der Waals surface area contributed by atoms with Crippen LogP contribution in [-0.2, 0) is 6.54 Å². The molecule has 0 atom stereocenters. The van der Waals surface area contributed by atoms with Crippen LogP contribution in [-0.4, -0.2) is 34.4 Å². The Bertz CT molecular complexity index is 614. The summed E-state index contributed by atoms with van der Waals surface area (Å²) in [5.74, 6) is 0.591. The molecule has 2 aromatic rings. The molecule has 0 spiro atoms. The first-order valence-corrected chi connectivity index (χ1v) is 6.55. The Balaban J connectivity index is 2.03. The normalized spacial score (nSPS) is 9.95. The molecule has 108 valence electrons. The zero-order valence-electron chi connectivity index (χ0n) is 11.9. The topological polar surface area (TPSA) is 55.3 Å². The molecule has 0 unspecified atom stereocenters. The SMILES string of the molecule is C=CCOc1cccc(CN(C)C(=O)c2cnccn2)c1. The predicted molar refractivity (Wildman–Crippen MR) is 80.0 cm³/mol. The molecule has 0 N–H and O–H groups in total. The van der Waals surface area contributed by atoms with Gasteiger partial charge in [0.25, 0.3) is 5.91 Å². The van der Waals surface area contributed by atoms with Crippen molar-refractivity contribution in [1.29, 1.82) is 0 Å². The van der Waals surface area contributed by atoms with Crippen LogP contribution in [0.15, 0.2) is 55.5 Å². The minimum Gasteiger partial charge on any atom is -0.490 e. The van der Waals surface area contributed by atoms with Gasteiger partial charge in [0, 0.05) is 26.0 Å². The Hall–Kier alpha value is -2.69. The van der Waals surface area contributed by atoms with Gasteiger partial charge in [-0.15, -0.1) is 0 Å². The molecule has 0 aliphatic carbocycles. The van der Waals surface area contributed by atoms with Crippen molar-refractivity contribution in [3.05, 3.63) is 66.8 Å². The monoisotopic (exact) mass is 283 g/mol. The van der Waals surface area contributed by atoms with Gasteiger partial charge in [-0.1, -0.05) is 24.8 Å². The Kier molecular flexibility index (Phi) is 5.04. The van der Waals surface area contributed by atoms with E-state index in [-0.39, 0.29) is 5.91 Å². The van der Waals surface area contributed by atoms with Gasteiger partial charge in [0.2, 0.25) is 0 Å². The van der Waals surface area contributed by atoms with Gasteiger partial charge in [0.1, 0.15) is 18.1 Å². The van der Waals surface area contributed by atoms with E-state index in [2.05, 4.69) is 16.5 Å². The lowest BCUT2D eigenvalue weighted by Gasteiger charge is -2.17. The van der Waals surface area contributed by atoms with Gasteiger partial charge in [-0.25, -0.2) is 4.98 Å². The molecule has 0 aliphatic heterocycles. The summed E-state index contributed by atoms with van der Waals surface area (Å²) in [6, 6.07) is 7.62. The fourth-order valence-electron chi connectivity index (χ4n) is 1.84. The van der Waals surface area contributed by atoms with Crippen LogP contribution >= 0.6 is 0 Å². The van der Waals surface area contributed by atoms with E-state index >= 15 is 0 Å². The summed E-state index contributed by atoms with van der Waals surface area (Å²) >= 11 is 0. The molecule has 0 saturated heterocycles. The van der Waals surface area contributed by atoms with Crippen LogP contribution in [0.5, 0.6) is 5.75 Å². The summed E-state index contributed by atoms with van der Waals surface area (Å²) in [7, 11) is 1.73. The third kappa shape index (κ3) is 4.14. The highest BCUT2D eigenvalue weighted by Crippen LogP contribution is 2.15. The summed E-state index contributed by atoms with van der Waals surface area (Å²) in [5, 5.41) is 0. The molecule has 21 heavy (non-hydrogen) atoms. The first-order chi connectivity index (χ1) is 10.2. The quantitative estimate of drug-likeness (QED) is 0.763. The van der Waals surface area contributed by atoms with Gasteiger partial charge in [-0.2, -0.15) is 0 Å². The first-order valence-electron chi connectivity index (χ1n) is 6.55. The minimum atomic E-state index is -0.166. The zero-order valence-corrected chi connectivity index (χ0v) is 11.9. The number of carbonyl (C=O) groups excluding carboxylic acids is 1. The summed E-state index contributed by atoms with van der Waals surface area (Å²) in [5.41, 5.74) is 1.32. The van der Waals surface area contributed by atoms with Gasteiger partial charge >= 0.3 is 0 Å². The molecule has 5 nitrogen and oxygen atoms in total.